The van der Waals surface area contributed by atoms with E-state index >= 15 is 0 Å². The maximum absolute atomic E-state index is 10.1. The normalized spacial score (nSPS) is 14.8. The number of benzene rings is 1. The number of aromatic nitrogens is 3. The second-order valence-corrected chi connectivity index (χ2v) is 10.7. The maximum Gasteiger partial charge on any atom is 0.162 e. The molecule has 9 heteroatoms. The summed E-state index contributed by atoms with van der Waals surface area (Å²) in [6, 6.07) is 9.98. The summed E-state index contributed by atoms with van der Waals surface area (Å²) in [5.41, 5.74) is 3.56. The van der Waals surface area contributed by atoms with Gasteiger partial charge in [0.05, 0.1) is 5.69 Å². The van der Waals surface area contributed by atoms with Gasteiger partial charge in [0.25, 0.3) is 0 Å². The zero-order chi connectivity index (χ0) is 27.2. The third-order valence-electron chi connectivity index (χ3n) is 7.07. The lowest BCUT2D eigenvalue weighted by atomic mass is 9.94. The van der Waals surface area contributed by atoms with Crippen LogP contribution in [0.3, 0.4) is 0 Å². The number of aliphatic hydroxyl groups is 1. The van der Waals surface area contributed by atoms with Crippen LogP contribution in [0, 0.1) is 6.92 Å². The number of pyridine rings is 1. The van der Waals surface area contributed by atoms with Crippen molar-refractivity contribution in [1.82, 2.24) is 20.3 Å². The predicted octanol–water partition coefficient (Wildman–Crippen LogP) is 4.96. The van der Waals surface area contributed by atoms with Gasteiger partial charge < -0.3 is 25.0 Å². The van der Waals surface area contributed by atoms with Gasteiger partial charge in [-0.2, -0.15) is 0 Å². The fraction of sp³-hybridized carbons (Fsp3) is 0.483. The molecule has 2 N–H and O–H groups in total. The van der Waals surface area contributed by atoms with E-state index in [-0.39, 0.29) is 6.61 Å². The second kappa shape index (κ2) is 12.7. The van der Waals surface area contributed by atoms with Gasteiger partial charge in [0.15, 0.2) is 5.82 Å². The smallest absolute Gasteiger partial charge is 0.162 e. The highest BCUT2D eigenvalue weighted by atomic mass is 35.5. The average molecular weight is 539 g/mol. The number of aliphatic hydroxyl groups excluding tert-OH is 1. The van der Waals surface area contributed by atoms with Gasteiger partial charge in [0, 0.05) is 61.6 Å². The molecule has 204 valence electrons. The maximum atomic E-state index is 10.1. The number of hydrogen-bond donors (Lipinski definition) is 2. The Labute approximate surface area is 231 Å². The topological polar surface area (TPSA) is 86.6 Å². The van der Waals surface area contributed by atoms with Gasteiger partial charge in [0.1, 0.15) is 30.1 Å². The van der Waals surface area contributed by atoms with Crippen molar-refractivity contribution in [1.29, 1.82) is 0 Å². The highest BCUT2D eigenvalue weighted by Gasteiger charge is 2.24. The van der Waals surface area contributed by atoms with Crippen LogP contribution in [0.5, 0.6) is 5.75 Å². The van der Waals surface area contributed by atoms with Crippen LogP contribution in [0.1, 0.15) is 37.7 Å². The molecular formula is C29H39ClN6O2. The molecular weight excluding hydrogens is 500 g/mol. The molecule has 0 radical (unpaired) electrons. The summed E-state index contributed by atoms with van der Waals surface area (Å²) in [6.07, 6.45) is 7.34. The summed E-state index contributed by atoms with van der Waals surface area (Å²) in [5, 5.41) is 13.5. The first-order chi connectivity index (χ1) is 18.3. The first-order valence-corrected chi connectivity index (χ1v) is 13.7. The Balaban J connectivity index is 1.77. The van der Waals surface area contributed by atoms with Crippen molar-refractivity contribution in [2.75, 3.05) is 51.1 Å². The van der Waals surface area contributed by atoms with Crippen LogP contribution >= 0.6 is 11.6 Å². The Hall–Kier alpha value is -2.94. The number of likely N-dealkylation sites (N-methyl/N-ethyl adjacent to an activating group) is 1. The molecule has 1 aliphatic carbocycles. The number of hydrogen-bond acceptors (Lipinski definition) is 8. The van der Waals surface area contributed by atoms with Crippen molar-refractivity contribution in [2.45, 2.75) is 51.2 Å². The lowest BCUT2D eigenvalue weighted by molar-refractivity contribution is 0.108. The Morgan fingerprint density at radius 3 is 2.50 bits per heavy atom. The van der Waals surface area contributed by atoms with E-state index < -0.39 is 6.10 Å². The van der Waals surface area contributed by atoms with E-state index in [0.29, 0.717) is 29.2 Å². The lowest BCUT2D eigenvalue weighted by Crippen LogP contribution is -2.34. The number of rotatable bonds is 10. The van der Waals surface area contributed by atoms with Crippen molar-refractivity contribution >= 4 is 23.2 Å². The standard InChI is InChI=1S/C29H39ClN6O2/c1-19-27(20-11-12-26(32-16-20)35(3)4)33-28(34-29(19)36(5)23-9-7-6-8-10-23)21-13-22(30)15-25(14-21)38-18-24(37)17-31-2/h11-16,23-24,31,37H,6-10,17-18H2,1-5H3. The van der Waals surface area contributed by atoms with Crippen LogP contribution in [0.2, 0.25) is 5.02 Å². The quantitative estimate of drug-likeness (QED) is 0.374. The molecule has 2 aromatic heterocycles. The predicted molar refractivity (Wildman–Crippen MR) is 155 cm³/mol. The first-order valence-electron chi connectivity index (χ1n) is 13.3. The van der Waals surface area contributed by atoms with E-state index in [2.05, 4.69) is 35.2 Å². The molecule has 0 aliphatic heterocycles. The van der Waals surface area contributed by atoms with Crippen molar-refractivity contribution in [3.8, 4) is 28.4 Å². The average Bonchev–Trinajstić information content (AvgIpc) is 2.92. The van der Waals surface area contributed by atoms with Gasteiger partial charge in [-0.05, 0) is 57.1 Å². The summed E-state index contributed by atoms with van der Waals surface area (Å²) in [7, 11) is 7.88. The molecule has 1 saturated carbocycles. The highest BCUT2D eigenvalue weighted by Crippen LogP contribution is 2.35. The molecule has 1 unspecified atom stereocenters. The Kier molecular flexibility index (Phi) is 9.41. The van der Waals surface area contributed by atoms with E-state index in [1.165, 1.54) is 19.3 Å². The minimum atomic E-state index is -0.627. The number of nitrogens with zero attached hydrogens (tertiary/aromatic N) is 5. The van der Waals surface area contributed by atoms with E-state index in [1.54, 1.807) is 13.1 Å². The fourth-order valence-electron chi connectivity index (χ4n) is 4.95. The van der Waals surface area contributed by atoms with Crippen LogP contribution < -0.4 is 19.9 Å². The third kappa shape index (κ3) is 6.73. The van der Waals surface area contributed by atoms with Gasteiger partial charge >= 0.3 is 0 Å². The highest BCUT2D eigenvalue weighted by molar-refractivity contribution is 6.31. The molecule has 0 amide bonds. The Bertz CT molecular complexity index is 1210. The van der Waals surface area contributed by atoms with E-state index in [1.807, 2.05) is 43.4 Å². The summed E-state index contributed by atoms with van der Waals surface area (Å²) in [4.78, 5) is 19.0. The minimum absolute atomic E-state index is 0.153. The van der Waals surface area contributed by atoms with E-state index in [4.69, 9.17) is 26.3 Å². The van der Waals surface area contributed by atoms with Crippen LogP contribution in [-0.4, -0.2) is 73.5 Å². The minimum Gasteiger partial charge on any atom is -0.491 e. The number of anilines is 2. The molecule has 1 fully saturated rings. The van der Waals surface area contributed by atoms with Gasteiger partial charge in [-0.1, -0.05) is 30.9 Å². The first kappa shape index (κ1) is 28.1. The number of nitrogens with one attached hydrogen (secondary N) is 1. The monoisotopic (exact) mass is 538 g/mol. The van der Waals surface area contributed by atoms with E-state index in [9.17, 15) is 5.11 Å². The molecule has 1 aromatic carbocycles. The van der Waals surface area contributed by atoms with Gasteiger partial charge in [-0.15, -0.1) is 0 Å². The van der Waals surface area contributed by atoms with Crippen LogP contribution in [0.15, 0.2) is 36.5 Å². The lowest BCUT2D eigenvalue weighted by Gasteiger charge is -2.33. The third-order valence-corrected chi connectivity index (χ3v) is 7.29. The molecule has 1 atom stereocenters. The van der Waals surface area contributed by atoms with E-state index in [0.717, 1.165) is 46.9 Å². The zero-order valence-corrected chi connectivity index (χ0v) is 23.8. The van der Waals surface area contributed by atoms with Crippen molar-refractivity contribution < 1.29 is 9.84 Å². The molecule has 2 heterocycles. The van der Waals surface area contributed by atoms with Crippen LogP contribution in [-0.2, 0) is 0 Å². The SMILES string of the molecule is CNCC(O)COc1cc(Cl)cc(-c2nc(-c3ccc(N(C)C)nc3)c(C)c(N(C)C3CCCCC3)n2)c1. The van der Waals surface area contributed by atoms with Crippen LogP contribution in [0.4, 0.5) is 11.6 Å². The zero-order valence-electron chi connectivity index (χ0n) is 23.0. The van der Waals surface area contributed by atoms with Crippen molar-refractivity contribution in [3.63, 3.8) is 0 Å². The largest absolute Gasteiger partial charge is 0.491 e. The van der Waals surface area contributed by atoms with Crippen molar-refractivity contribution in [3.05, 3.63) is 47.1 Å². The molecule has 8 nitrogen and oxygen atoms in total. The second-order valence-electron chi connectivity index (χ2n) is 10.2. The molecule has 3 aromatic rings. The fourth-order valence-corrected chi connectivity index (χ4v) is 5.18. The molecule has 4 rings (SSSR count). The molecule has 0 spiro atoms. The molecule has 0 bridgehead atoms. The van der Waals surface area contributed by atoms with Gasteiger partial charge in [0.2, 0.25) is 0 Å². The summed E-state index contributed by atoms with van der Waals surface area (Å²) >= 11 is 6.50. The summed E-state index contributed by atoms with van der Waals surface area (Å²) < 4.78 is 5.86. The van der Waals surface area contributed by atoms with Gasteiger partial charge in [-0.25, -0.2) is 15.0 Å². The number of ether oxygens (including phenoxy) is 1. The molecule has 38 heavy (non-hydrogen) atoms. The molecule has 0 saturated heterocycles. The summed E-state index contributed by atoms with van der Waals surface area (Å²) in [5.74, 6) is 2.94. The number of halogens is 1. The Morgan fingerprint density at radius 2 is 1.84 bits per heavy atom. The van der Waals surface area contributed by atoms with Crippen molar-refractivity contribution in [2.24, 2.45) is 0 Å². The van der Waals surface area contributed by atoms with Crippen LogP contribution in [0.25, 0.3) is 22.6 Å². The Morgan fingerprint density at radius 1 is 1.08 bits per heavy atom. The molecule has 1 aliphatic rings. The summed E-state index contributed by atoms with van der Waals surface area (Å²) in [6.45, 7) is 2.68. The van der Waals surface area contributed by atoms with Gasteiger partial charge in [-0.3, -0.25) is 0 Å².